The molecule has 9 N–H and O–H groups in total. The number of fused-ring (bicyclic) bond motifs is 2. The summed E-state index contributed by atoms with van der Waals surface area (Å²) in [6.07, 6.45) is 8.73. The number of ether oxygens (including phenoxy) is 2. The van der Waals surface area contributed by atoms with Gasteiger partial charge in [-0.15, -0.1) is 0 Å². The van der Waals surface area contributed by atoms with Crippen molar-refractivity contribution >= 4 is 35.4 Å². The van der Waals surface area contributed by atoms with Gasteiger partial charge in [0.15, 0.2) is 5.72 Å². The number of allylic oxidation sites excluding steroid dienone is 3. The van der Waals surface area contributed by atoms with Gasteiger partial charge in [0.25, 0.3) is 5.91 Å². The van der Waals surface area contributed by atoms with E-state index >= 15 is 0 Å². The normalized spacial score (nSPS) is 33.7. The monoisotopic (exact) mass is 1090 g/mol. The number of phenolic OH excluding ortho intramolecular Hbond substituents is 1. The van der Waals surface area contributed by atoms with Crippen molar-refractivity contribution in [1.29, 1.82) is 0 Å². The molecule has 18 nitrogen and oxygen atoms in total. The molecule has 18 heteroatoms. The molecule has 2 bridgehead atoms. The highest BCUT2D eigenvalue weighted by atomic mass is 16.5. The first-order chi connectivity index (χ1) is 36.8. The Morgan fingerprint density at radius 1 is 0.987 bits per heavy atom. The predicted octanol–water partition coefficient (Wildman–Crippen LogP) is 5.55. The number of benzene rings is 1. The van der Waals surface area contributed by atoms with E-state index in [2.05, 4.69) is 41.3 Å². The van der Waals surface area contributed by atoms with Crippen molar-refractivity contribution in [2.24, 2.45) is 41.4 Å². The average molecular weight is 1090 g/mol. The first kappa shape index (κ1) is 63.6. The fourth-order valence-corrected chi connectivity index (χ4v) is 11.2. The zero-order valence-corrected chi connectivity index (χ0v) is 47.7. The molecule has 0 aliphatic carbocycles. The number of aliphatic hydroxyl groups is 4. The number of hydrogen-bond donors (Lipinski definition) is 9. The number of esters is 1. The molecule has 0 radical (unpaired) electrons. The van der Waals surface area contributed by atoms with Crippen LogP contribution >= 0.6 is 0 Å². The summed E-state index contributed by atoms with van der Waals surface area (Å²) in [6, 6.07) is 2.82. The molecule has 1 aromatic rings. The lowest BCUT2D eigenvalue weighted by atomic mass is 9.75. The molecule has 2 unspecified atom stereocenters. The van der Waals surface area contributed by atoms with Gasteiger partial charge in [-0.2, -0.15) is 0 Å². The van der Waals surface area contributed by atoms with Gasteiger partial charge < -0.3 is 55.8 Å². The van der Waals surface area contributed by atoms with Gasteiger partial charge in [0.05, 0.1) is 36.4 Å². The lowest BCUT2D eigenvalue weighted by molar-refractivity contribution is -0.179. The van der Waals surface area contributed by atoms with Crippen LogP contribution in [-0.4, -0.2) is 133 Å². The molecule has 4 aliphatic heterocycles. The summed E-state index contributed by atoms with van der Waals surface area (Å²) in [5, 5.41) is 65.9. The van der Waals surface area contributed by atoms with Crippen molar-refractivity contribution < 1.29 is 63.8 Å². The summed E-state index contributed by atoms with van der Waals surface area (Å²) in [5.74, 6) is -5.70. The Labute approximate surface area is 461 Å². The minimum atomic E-state index is -1.50. The number of nitrogens with one attached hydrogen (secondary N) is 4. The Morgan fingerprint density at radius 2 is 1.72 bits per heavy atom. The number of nitrogens with zero attached hydrogens (tertiary/aromatic N) is 1. The molecule has 2 fully saturated rings. The standard InChI is InChI=1S/C60H91N5O13/c1-11-43-29-39(8)60(63-55(43)72)38(7)28-37(6)52(78-60)33-49(69)35(4)18-13-12-14-19-36(5)51-24-16-22-45(68)32-50(70)41(10)54(71)46(26-25-40(9)66)56(73)62-53(34(2)3)57(74)61-48(31-42-20-15-21-44(67)30-42)58(75)65-27-17-23-47(64-65)59(76)77-51/h12,14-16,19-22,28,30,34-35,37,39,41,43,45-54,64,67-71H,11,13,17-18,23-27,29,31-33H2,1-10H3,(H,61,74)(H,62,73)(H,63,72)/b14-12+,22-16+,36-19+/t35-,37+,39-,41-,43-,45?,46+,47?,48-,49-,50-,51-,52-,53-,54+,60-/m0/s1. The Hall–Kier alpha value is -5.24. The van der Waals surface area contributed by atoms with E-state index in [1.807, 2.05) is 45.9 Å². The topological polar surface area (TPSA) is 273 Å². The van der Waals surface area contributed by atoms with Crippen LogP contribution in [0.1, 0.15) is 145 Å². The van der Waals surface area contributed by atoms with Crippen molar-refractivity contribution in [3.8, 4) is 5.75 Å². The second-order valence-corrected chi connectivity index (χ2v) is 23.2. The number of rotatable bonds is 15. The number of amides is 4. The number of hydrazine groups is 1. The molecule has 16 atom stereocenters. The van der Waals surface area contributed by atoms with Crippen LogP contribution in [-0.2, 0) is 44.7 Å². The number of aliphatic hydroxyl groups excluding tert-OH is 4. The van der Waals surface area contributed by atoms with E-state index in [-0.39, 0.29) is 85.9 Å². The van der Waals surface area contributed by atoms with E-state index in [0.717, 1.165) is 18.4 Å². The van der Waals surface area contributed by atoms with Crippen LogP contribution in [0.5, 0.6) is 5.75 Å². The van der Waals surface area contributed by atoms with Crippen LogP contribution in [0.3, 0.4) is 0 Å². The van der Waals surface area contributed by atoms with Gasteiger partial charge in [0.2, 0.25) is 17.7 Å². The number of piperidine rings is 1. The summed E-state index contributed by atoms with van der Waals surface area (Å²) < 4.78 is 12.9. The maximum atomic E-state index is 14.5. The molecule has 5 rings (SSSR count). The van der Waals surface area contributed by atoms with Gasteiger partial charge >= 0.3 is 5.97 Å². The van der Waals surface area contributed by atoms with Gasteiger partial charge in [-0.1, -0.05) is 97.1 Å². The number of cyclic esters (lactones) is 1. The molecular weight excluding hydrogens is 999 g/mol. The highest BCUT2D eigenvalue weighted by Crippen LogP contribution is 2.43. The quantitative estimate of drug-likeness (QED) is 0.0592. The molecule has 1 spiro atoms. The van der Waals surface area contributed by atoms with Crippen LogP contribution < -0.4 is 21.4 Å². The number of carbonyl (C=O) groups is 6. The molecule has 1 aromatic carbocycles. The van der Waals surface area contributed by atoms with Crippen LogP contribution in [0.25, 0.3) is 0 Å². The number of phenols is 1. The second-order valence-electron chi connectivity index (χ2n) is 23.2. The Morgan fingerprint density at radius 3 is 2.40 bits per heavy atom. The maximum absolute atomic E-state index is 14.5. The number of ketones is 1. The first-order valence-electron chi connectivity index (χ1n) is 28.4. The molecule has 78 heavy (non-hydrogen) atoms. The van der Waals surface area contributed by atoms with Crippen LogP contribution in [0, 0.1) is 41.4 Å². The lowest BCUT2D eigenvalue weighted by Gasteiger charge is -2.51. The van der Waals surface area contributed by atoms with Crippen LogP contribution in [0.4, 0.5) is 0 Å². The molecular formula is C60H91N5O13. The molecule has 4 heterocycles. The molecule has 4 amide bonds. The minimum absolute atomic E-state index is 0.000606. The molecule has 0 aromatic heterocycles. The third-order valence-corrected chi connectivity index (χ3v) is 16.5. The van der Waals surface area contributed by atoms with E-state index in [1.165, 1.54) is 37.1 Å². The first-order valence-corrected chi connectivity index (χ1v) is 28.4. The highest BCUT2D eigenvalue weighted by molar-refractivity contribution is 5.93. The Balaban J connectivity index is 1.35. The third-order valence-electron chi connectivity index (χ3n) is 16.5. The summed E-state index contributed by atoms with van der Waals surface area (Å²) in [5.41, 5.74) is 4.33. The third kappa shape index (κ3) is 17.1. The van der Waals surface area contributed by atoms with Crippen molar-refractivity contribution in [1.82, 2.24) is 26.4 Å². The van der Waals surface area contributed by atoms with Gasteiger partial charge in [0.1, 0.15) is 35.8 Å². The summed E-state index contributed by atoms with van der Waals surface area (Å²) in [4.78, 5) is 82.2. The summed E-state index contributed by atoms with van der Waals surface area (Å²) >= 11 is 0. The van der Waals surface area contributed by atoms with Crippen molar-refractivity contribution in [2.45, 2.75) is 207 Å². The predicted molar refractivity (Wildman–Crippen MR) is 295 cm³/mol. The van der Waals surface area contributed by atoms with E-state index < -0.39 is 95.8 Å². The zero-order chi connectivity index (χ0) is 57.6. The van der Waals surface area contributed by atoms with E-state index in [1.54, 1.807) is 32.1 Å². The maximum Gasteiger partial charge on any atom is 0.325 e. The second kappa shape index (κ2) is 29.3. The zero-order valence-electron chi connectivity index (χ0n) is 47.7. The SMILES string of the molecule is CC[C@H]1C[C@H](C)[C@@]2(NC1=O)O[C@@H](C[C@H](O)[C@@H](C)CC/C=C/C=C(\C)[C@@H]1C/C=C/C(O)C[C@H](O)[C@H](C)[C@@H](O)[C@@H](CCC(C)=O)C(=O)N[C@@H](C(C)C)C(=O)N[C@@H](Cc3cccc(O)c3)C(=O)N3CCCC(N3)C(=O)O1)[C@H](C)C=C2C. The van der Waals surface area contributed by atoms with E-state index in [0.29, 0.717) is 43.2 Å². The van der Waals surface area contributed by atoms with Gasteiger partial charge in [0, 0.05) is 62.3 Å². The number of hydrogen-bond acceptors (Lipinski definition) is 14. The molecule has 2 saturated heterocycles. The lowest BCUT2D eigenvalue weighted by Crippen LogP contribution is -2.64. The highest BCUT2D eigenvalue weighted by Gasteiger charge is 2.51. The molecule has 4 aliphatic rings. The van der Waals surface area contributed by atoms with Crippen LogP contribution in [0.15, 0.2) is 71.9 Å². The van der Waals surface area contributed by atoms with Crippen molar-refractivity contribution in [2.75, 3.05) is 6.54 Å². The molecule has 434 valence electrons. The van der Waals surface area contributed by atoms with E-state index in [4.69, 9.17) is 9.47 Å². The molecule has 0 saturated carbocycles. The minimum Gasteiger partial charge on any atom is -0.508 e. The number of carbonyl (C=O) groups excluding carboxylic acids is 6. The smallest absolute Gasteiger partial charge is 0.325 e. The number of Topliss-reactive ketones (excluding diaryl/α,β-unsaturated/α-hetero) is 1. The Bertz CT molecular complexity index is 2350. The largest absolute Gasteiger partial charge is 0.508 e. The van der Waals surface area contributed by atoms with Gasteiger partial charge in [-0.25, -0.2) is 5.43 Å². The van der Waals surface area contributed by atoms with Crippen molar-refractivity contribution in [3.63, 3.8) is 0 Å². The van der Waals surface area contributed by atoms with E-state index in [9.17, 15) is 54.3 Å². The van der Waals surface area contributed by atoms with Crippen molar-refractivity contribution in [3.05, 3.63) is 77.4 Å². The summed E-state index contributed by atoms with van der Waals surface area (Å²) in [6.45, 7) is 18.5. The van der Waals surface area contributed by atoms with Gasteiger partial charge in [-0.3, -0.25) is 29.0 Å². The number of aromatic hydroxyl groups is 1. The van der Waals surface area contributed by atoms with Gasteiger partial charge in [-0.05, 0) is 106 Å². The average Bonchev–Trinajstić information content (AvgIpc) is 3.46. The fraction of sp³-hybridized carbons (Fsp3) is 0.667. The van der Waals surface area contributed by atoms with Crippen LogP contribution in [0.2, 0.25) is 0 Å². The fourth-order valence-electron chi connectivity index (χ4n) is 11.2. The Kier molecular flexibility index (Phi) is 23.9. The summed E-state index contributed by atoms with van der Waals surface area (Å²) in [7, 11) is 0.